The van der Waals surface area contributed by atoms with Crippen molar-refractivity contribution in [2.75, 3.05) is 13.1 Å². The number of benzene rings is 1. The number of halogens is 1. The van der Waals surface area contributed by atoms with Gasteiger partial charge in [0.1, 0.15) is 0 Å². The number of hydrogen-bond acceptors (Lipinski definition) is 5. The molecule has 5 rings (SSSR count). The minimum absolute atomic E-state index is 0. The number of carbonyl (C=O) groups is 1. The third-order valence-corrected chi connectivity index (χ3v) is 7.86. The molecule has 3 heterocycles. The number of carbonyl (C=O) groups excluding carboxylic acids is 1. The van der Waals surface area contributed by atoms with Crippen LogP contribution in [-0.2, 0) is 17.6 Å². The average Bonchev–Trinajstić information content (AvgIpc) is 3.36. The van der Waals surface area contributed by atoms with E-state index in [0.717, 1.165) is 60.7 Å². The number of amides is 1. The number of aromatic nitrogens is 2. The molecule has 33 heavy (non-hydrogen) atoms. The van der Waals surface area contributed by atoms with Crippen LogP contribution in [0.4, 0.5) is 0 Å². The van der Waals surface area contributed by atoms with Crippen molar-refractivity contribution < 1.29 is 4.79 Å². The Kier molecular flexibility index (Phi) is 7.51. The van der Waals surface area contributed by atoms with Gasteiger partial charge >= 0.3 is 0 Å². The summed E-state index contributed by atoms with van der Waals surface area (Å²) in [5.41, 5.74) is 7.14. The van der Waals surface area contributed by atoms with Crippen LogP contribution in [0.2, 0.25) is 0 Å². The van der Waals surface area contributed by atoms with E-state index in [1.807, 2.05) is 18.2 Å². The predicted octanol–water partition coefficient (Wildman–Crippen LogP) is 4.93. The van der Waals surface area contributed by atoms with Crippen LogP contribution in [0.25, 0.3) is 16.2 Å². The van der Waals surface area contributed by atoms with Crippen LogP contribution in [0.5, 0.6) is 0 Å². The molecular weight excluding hydrogens is 454 g/mol. The molecule has 1 aromatic carbocycles. The van der Waals surface area contributed by atoms with Gasteiger partial charge in [0.2, 0.25) is 5.91 Å². The summed E-state index contributed by atoms with van der Waals surface area (Å²) in [6.45, 7) is 6.26. The van der Waals surface area contributed by atoms with Crippen LogP contribution in [-0.4, -0.2) is 45.5 Å². The van der Waals surface area contributed by atoms with Crippen molar-refractivity contribution in [3.8, 4) is 11.3 Å². The quantitative estimate of drug-likeness (QED) is 0.411. The molecule has 1 aliphatic carbocycles. The highest BCUT2D eigenvalue weighted by Crippen LogP contribution is 2.34. The molecule has 0 radical (unpaired) electrons. The van der Waals surface area contributed by atoms with E-state index in [0.29, 0.717) is 6.04 Å². The van der Waals surface area contributed by atoms with E-state index in [1.165, 1.54) is 23.4 Å². The summed E-state index contributed by atoms with van der Waals surface area (Å²) < 4.78 is 2.26. The number of nitrogens with zero attached hydrogens (tertiary/aromatic N) is 4. The van der Waals surface area contributed by atoms with Gasteiger partial charge in [0.15, 0.2) is 4.96 Å². The Hall–Kier alpha value is -2.22. The summed E-state index contributed by atoms with van der Waals surface area (Å²) in [5, 5.41) is 4.42. The predicted molar refractivity (Wildman–Crippen MR) is 138 cm³/mol. The molecule has 2 aliphatic rings. The zero-order valence-corrected chi connectivity index (χ0v) is 20.9. The Bertz CT molecular complexity index is 1140. The highest BCUT2D eigenvalue weighted by molar-refractivity contribution is 7.17. The molecule has 1 fully saturated rings. The first-order valence-corrected chi connectivity index (χ1v) is 12.6. The summed E-state index contributed by atoms with van der Waals surface area (Å²) >= 11 is 1.79. The summed E-state index contributed by atoms with van der Waals surface area (Å²) in [6, 6.07) is 10.7. The Morgan fingerprint density at radius 3 is 2.79 bits per heavy atom. The number of nitrogens with one attached hydrogen (secondary N) is 1. The number of likely N-dealkylation sites (tertiary alicyclic amines) is 1. The number of imidazole rings is 1. The molecule has 6 nitrogen and oxygen atoms in total. The Balaban J connectivity index is 0.00000259. The zero-order valence-electron chi connectivity index (χ0n) is 19.3. The Morgan fingerprint density at radius 1 is 1.21 bits per heavy atom. The van der Waals surface area contributed by atoms with Gasteiger partial charge in [0.05, 0.1) is 23.5 Å². The lowest BCUT2D eigenvalue weighted by molar-refractivity contribution is -0.126. The van der Waals surface area contributed by atoms with Gasteiger partial charge in [-0.3, -0.25) is 9.20 Å². The largest absolute Gasteiger partial charge is 0.300 e. The van der Waals surface area contributed by atoms with E-state index >= 15 is 0 Å². The number of fused-ring (bicyclic) bond motifs is 3. The minimum atomic E-state index is -0.00346. The van der Waals surface area contributed by atoms with Crippen LogP contribution in [0, 0.1) is 5.92 Å². The fourth-order valence-electron chi connectivity index (χ4n) is 4.92. The Morgan fingerprint density at radius 2 is 2.00 bits per heavy atom. The van der Waals surface area contributed by atoms with E-state index < -0.39 is 0 Å². The first kappa shape index (κ1) is 23.9. The smallest absolute Gasteiger partial charge is 0.244 e. The molecule has 176 valence electrons. The molecule has 2 aromatic heterocycles. The van der Waals surface area contributed by atoms with Gasteiger partial charge in [-0.2, -0.15) is 5.10 Å². The van der Waals surface area contributed by atoms with Crippen molar-refractivity contribution >= 4 is 40.8 Å². The number of rotatable bonds is 5. The number of aryl methyl sites for hydroxylation is 2. The number of hydrogen-bond donors (Lipinski definition) is 1. The van der Waals surface area contributed by atoms with Crippen LogP contribution in [0.3, 0.4) is 0 Å². The molecule has 0 bridgehead atoms. The molecule has 1 atom stereocenters. The number of piperidine rings is 1. The fraction of sp³-hybridized carbons (Fsp3) is 0.480. The van der Waals surface area contributed by atoms with Crippen LogP contribution >= 0.6 is 23.7 Å². The van der Waals surface area contributed by atoms with Gasteiger partial charge in [0, 0.05) is 28.7 Å². The second-order valence-electron chi connectivity index (χ2n) is 9.17. The molecule has 1 N–H and O–H groups in total. The maximum atomic E-state index is 12.8. The van der Waals surface area contributed by atoms with E-state index in [-0.39, 0.29) is 24.2 Å². The molecule has 0 saturated carbocycles. The molecule has 1 saturated heterocycles. The number of thiazole rings is 1. The first-order chi connectivity index (χ1) is 15.6. The third-order valence-electron chi connectivity index (χ3n) is 6.72. The van der Waals surface area contributed by atoms with Crippen molar-refractivity contribution in [1.82, 2.24) is 19.7 Å². The summed E-state index contributed by atoms with van der Waals surface area (Å²) in [6.07, 6.45) is 8.43. The van der Waals surface area contributed by atoms with Crippen LogP contribution in [0.15, 0.2) is 35.4 Å². The summed E-state index contributed by atoms with van der Waals surface area (Å²) in [7, 11) is 0. The van der Waals surface area contributed by atoms with Crippen LogP contribution < -0.4 is 5.43 Å². The van der Waals surface area contributed by atoms with Crippen molar-refractivity contribution in [3.05, 3.63) is 46.6 Å². The lowest BCUT2D eigenvalue weighted by Crippen LogP contribution is -2.44. The van der Waals surface area contributed by atoms with Gasteiger partial charge < -0.3 is 4.90 Å². The molecule has 0 spiro atoms. The van der Waals surface area contributed by atoms with E-state index in [1.54, 1.807) is 17.6 Å². The van der Waals surface area contributed by atoms with Crippen molar-refractivity contribution in [2.24, 2.45) is 11.0 Å². The zero-order chi connectivity index (χ0) is 22.1. The molecule has 8 heteroatoms. The fourth-order valence-corrected chi connectivity index (χ4v) is 6.14. The summed E-state index contributed by atoms with van der Waals surface area (Å²) in [4.78, 5) is 22.6. The molecule has 1 aliphatic heterocycles. The Labute approximate surface area is 205 Å². The average molecular weight is 486 g/mol. The van der Waals surface area contributed by atoms with Gasteiger partial charge in [-0.05, 0) is 58.9 Å². The topological polar surface area (TPSA) is 62.0 Å². The standard InChI is InChI=1S/C25H31N5OS.ClH/c1-17(2)29-14-8-11-19(16-29)24(31)28-26-15-21-23(18-9-4-3-5-10-18)27-25-30(21)20-12-6-7-13-22(20)32-25;/h3-5,9-10,15,17,19H,6-8,11-14,16H2,1-2H3,(H,28,31);1H/b26-15+;. The first-order valence-electron chi connectivity index (χ1n) is 11.8. The van der Waals surface area contributed by atoms with Crippen LogP contribution in [0.1, 0.15) is 55.8 Å². The summed E-state index contributed by atoms with van der Waals surface area (Å²) in [5.74, 6) is 0.0113. The molecule has 3 aromatic rings. The monoisotopic (exact) mass is 485 g/mol. The van der Waals surface area contributed by atoms with E-state index in [9.17, 15) is 4.79 Å². The van der Waals surface area contributed by atoms with E-state index in [2.05, 4.69) is 45.8 Å². The molecule has 1 unspecified atom stereocenters. The van der Waals surface area contributed by atoms with Crippen molar-refractivity contribution in [2.45, 2.75) is 58.4 Å². The van der Waals surface area contributed by atoms with Gasteiger partial charge in [0.25, 0.3) is 0 Å². The van der Waals surface area contributed by atoms with Gasteiger partial charge in [-0.1, -0.05) is 30.3 Å². The highest BCUT2D eigenvalue weighted by atomic mass is 35.5. The second-order valence-corrected chi connectivity index (χ2v) is 10.2. The minimum Gasteiger partial charge on any atom is -0.300 e. The number of hydrazone groups is 1. The lowest BCUT2D eigenvalue weighted by atomic mass is 9.96. The maximum absolute atomic E-state index is 12.8. The maximum Gasteiger partial charge on any atom is 0.244 e. The van der Waals surface area contributed by atoms with Gasteiger partial charge in [-0.15, -0.1) is 23.7 Å². The highest BCUT2D eigenvalue weighted by Gasteiger charge is 2.27. The SMILES string of the molecule is CC(C)N1CCCC(C(=O)N/N=C/c2c(-c3ccccc3)nc3sc4c(n23)CCCC4)C1.Cl. The lowest BCUT2D eigenvalue weighted by Gasteiger charge is -2.34. The van der Waals surface area contributed by atoms with Crippen molar-refractivity contribution in [1.29, 1.82) is 0 Å². The van der Waals surface area contributed by atoms with E-state index in [4.69, 9.17) is 4.98 Å². The van der Waals surface area contributed by atoms with Gasteiger partial charge in [-0.25, -0.2) is 10.4 Å². The third kappa shape index (κ3) is 4.86. The normalized spacial score (nSPS) is 19.1. The molecular formula is C25H32ClN5OS. The van der Waals surface area contributed by atoms with Crippen molar-refractivity contribution in [3.63, 3.8) is 0 Å². The second kappa shape index (κ2) is 10.4. The molecule has 1 amide bonds.